The first kappa shape index (κ1) is 14.5. The highest BCUT2D eigenvalue weighted by molar-refractivity contribution is 4.93. The fraction of sp³-hybridized carbons (Fsp3) is 1.00. The summed E-state index contributed by atoms with van der Waals surface area (Å²) in [5, 5.41) is 3.78. The lowest BCUT2D eigenvalue weighted by molar-refractivity contribution is 0.0118. The van der Waals surface area contributed by atoms with Gasteiger partial charge < -0.3 is 5.32 Å². The predicted octanol–water partition coefficient (Wildman–Crippen LogP) is 2.47. The molecule has 4 aliphatic rings. The highest BCUT2D eigenvalue weighted by atomic mass is 15.3. The summed E-state index contributed by atoms with van der Waals surface area (Å²) in [6.07, 6.45) is 11.6. The van der Waals surface area contributed by atoms with Crippen LogP contribution in [0.25, 0.3) is 0 Å². The molecule has 3 nitrogen and oxygen atoms in total. The van der Waals surface area contributed by atoms with Crippen LogP contribution < -0.4 is 5.32 Å². The average molecular weight is 291 g/mol. The van der Waals surface area contributed by atoms with Gasteiger partial charge in [-0.3, -0.25) is 9.80 Å². The van der Waals surface area contributed by atoms with E-state index in [1.54, 1.807) is 0 Å². The molecule has 2 bridgehead atoms. The van der Waals surface area contributed by atoms with Crippen LogP contribution in [-0.4, -0.2) is 60.1 Å². The maximum atomic E-state index is 3.78. The highest BCUT2D eigenvalue weighted by Gasteiger charge is 2.35. The lowest BCUT2D eigenvalue weighted by atomic mass is 9.89. The average Bonchev–Trinajstić information content (AvgIpc) is 2.84. The third-order valence-corrected chi connectivity index (χ3v) is 6.71. The molecule has 1 N–H and O–H groups in total. The van der Waals surface area contributed by atoms with Gasteiger partial charge in [0.1, 0.15) is 0 Å². The molecule has 0 amide bonds. The molecule has 0 aliphatic carbocycles. The van der Waals surface area contributed by atoms with Crippen LogP contribution in [0.2, 0.25) is 0 Å². The minimum atomic E-state index is 0.776. The van der Waals surface area contributed by atoms with Gasteiger partial charge in [-0.2, -0.15) is 0 Å². The van der Waals surface area contributed by atoms with Gasteiger partial charge in [-0.1, -0.05) is 6.42 Å². The van der Waals surface area contributed by atoms with E-state index in [-0.39, 0.29) is 0 Å². The SMILES string of the molecule is CC1CN2CCCCC2CN1CCC1CC2CCC(C1)N2. The number of hydrogen-bond acceptors (Lipinski definition) is 3. The standard InChI is InChI=1S/C18H33N3/c1-14-12-21-8-3-2-4-18(21)13-20(14)9-7-15-10-16-5-6-17(11-15)19-16/h14-19H,2-13H2,1H3. The first-order valence-electron chi connectivity index (χ1n) is 9.52. The van der Waals surface area contributed by atoms with Crippen molar-refractivity contribution in [3.63, 3.8) is 0 Å². The molecule has 3 heteroatoms. The fourth-order valence-electron chi connectivity index (χ4n) is 5.48. The molecule has 4 atom stereocenters. The normalized spacial score (nSPS) is 44.7. The van der Waals surface area contributed by atoms with Crippen molar-refractivity contribution in [2.24, 2.45) is 5.92 Å². The summed E-state index contributed by atoms with van der Waals surface area (Å²) >= 11 is 0. The highest BCUT2D eigenvalue weighted by Crippen LogP contribution is 2.33. The van der Waals surface area contributed by atoms with E-state index in [2.05, 4.69) is 22.0 Å². The maximum absolute atomic E-state index is 3.78. The molecular formula is C18H33N3. The van der Waals surface area contributed by atoms with E-state index in [4.69, 9.17) is 0 Å². The first-order chi connectivity index (χ1) is 10.3. The Kier molecular flexibility index (Phi) is 4.25. The van der Waals surface area contributed by atoms with Crippen LogP contribution in [0.4, 0.5) is 0 Å². The quantitative estimate of drug-likeness (QED) is 0.862. The number of nitrogens with zero attached hydrogens (tertiary/aromatic N) is 2. The number of piperazine rings is 1. The van der Waals surface area contributed by atoms with E-state index in [0.717, 1.165) is 30.1 Å². The molecule has 4 aliphatic heterocycles. The van der Waals surface area contributed by atoms with Crippen molar-refractivity contribution in [3.05, 3.63) is 0 Å². The van der Waals surface area contributed by atoms with Gasteiger partial charge in [0.15, 0.2) is 0 Å². The molecule has 21 heavy (non-hydrogen) atoms. The number of rotatable bonds is 3. The van der Waals surface area contributed by atoms with Gasteiger partial charge in [0.05, 0.1) is 0 Å². The van der Waals surface area contributed by atoms with Crippen LogP contribution in [0, 0.1) is 5.92 Å². The van der Waals surface area contributed by atoms with E-state index in [1.807, 2.05) is 0 Å². The topological polar surface area (TPSA) is 18.5 Å². The summed E-state index contributed by atoms with van der Waals surface area (Å²) in [5.41, 5.74) is 0. The summed E-state index contributed by atoms with van der Waals surface area (Å²) in [7, 11) is 0. The maximum Gasteiger partial charge on any atom is 0.0223 e. The minimum Gasteiger partial charge on any atom is -0.311 e. The molecule has 4 unspecified atom stereocenters. The Bertz CT molecular complexity index is 346. The van der Waals surface area contributed by atoms with Crippen LogP contribution >= 0.6 is 0 Å². The fourth-order valence-corrected chi connectivity index (χ4v) is 5.48. The zero-order valence-electron chi connectivity index (χ0n) is 13.8. The second kappa shape index (κ2) is 6.17. The second-order valence-corrected chi connectivity index (χ2v) is 8.25. The van der Waals surface area contributed by atoms with Crippen molar-refractivity contribution >= 4 is 0 Å². The van der Waals surface area contributed by atoms with Crippen LogP contribution in [0.15, 0.2) is 0 Å². The van der Waals surface area contributed by atoms with E-state index >= 15 is 0 Å². The lowest BCUT2D eigenvalue weighted by Crippen LogP contribution is -2.58. The Morgan fingerprint density at radius 2 is 1.81 bits per heavy atom. The van der Waals surface area contributed by atoms with E-state index in [0.29, 0.717) is 0 Å². The van der Waals surface area contributed by atoms with Crippen LogP contribution in [0.1, 0.15) is 58.3 Å². The molecule has 0 aromatic heterocycles. The number of hydrogen-bond donors (Lipinski definition) is 1. The molecule has 4 heterocycles. The summed E-state index contributed by atoms with van der Waals surface area (Å²) in [6, 6.07) is 3.37. The van der Waals surface area contributed by atoms with E-state index in [1.165, 1.54) is 77.5 Å². The van der Waals surface area contributed by atoms with Crippen molar-refractivity contribution in [3.8, 4) is 0 Å². The Morgan fingerprint density at radius 3 is 2.62 bits per heavy atom. The molecule has 4 rings (SSSR count). The number of fused-ring (bicyclic) bond motifs is 3. The Labute approximate surface area is 130 Å². The first-order valence-corrected chi connectivity index (χ1v) is 9.52. The van der Waals surface area contributed by atoms with Gasteiger partial charge in [0, 0.05) is 37.3 Å². The predicted molar refractivity (Wildman–Crippen MR) is 87.5 cm³/mol. The van der Waals surface area contributed by atoms with Gasteiger partial charge >= 0.3 is 0 Å². The molecule has 0 radical (unpaired) electrons. The summed E-state index contributed by atoms with van der Waals surface area (Å²) in [5.74, 6) is 1.00. The van der Waals surface area contributed by atoms with Crippen LogP contribution in [0.3, 0.4) is 0 Å². The van der Waals surface area contributed by atoms with Gasteiger partial charge in [0.2, 0.25) is 0 Å². The third-order valence-electron chi connectivity index (χ3n) is 6.71. The van der Waals surface area contributed by atoms with Crippen molar-refractivity contribution in [2.75, 3.05) is 26.2 Å². The van der Waals surface area contributed by atoms with Crippen molar-refractivity contribution in [1.29, 1.82) is 0 Å². The van der Waals surface area contributed by atoms with Crippen molar-refractivity contribution < 1.29 is 0 Å². The van der Waals surface area contributed by atoms with Gasteiger partial charge in [-0.05, 0) is 70.9 Å². The Hall–Kier alpha value is -0.120. The van der Waals surface area contributed by atoms with Crippen LogP contribution in [-0.2, 0) is 0 Å². The smallest absolute Gasteiger partial charge is 0.0223 e. The van der Waals surface area contributed by atoms with Crippen LogP contribution in [0.5, 0.6) is 0 Å². The second-order valence-electron chi connectivity index (χ2n) is 8.25. The molecule has 120 valence electrons. The molecular weight excluding hydrogens is 258 g/mol. The molecule has 0 saturated carbocycles. The zero-order valence-corrected chi connectivity index (χ0v) is 13.8. The van der Waals surface area contributed by atoms with E-state index in [9.17, 15) is 0 Å². The van der Waals surface area contributed by atoms with Gasteiger partial charge in [-0.25, -0.2) is 0 Å². The number of piperidine rings is 2. The third kappa shape index (κ3) is 3.16. The zero-order chi connectivity index (χ0) is 14.2. The summed E-state index contributed by atoms with van der Waals surface area (Å²) < 4.78 is 0. The lowest BCUT2D eigenvalue weighted by Gasteiger charge is -2.48. The molecule has 0 aromatic rings. The largest absolute Gasteiger partial charge is 0.311 e. The van der Waals surface area contributed by atoms with Crippen molar-refractivity contribution in [1.82, 2.24) is 15.1 Å². The number of nitrogens with one attached hydrogen (secondary N) is 1. The Balaban J connectivity index is 1.28. The molecule has 0 spiro atoms. The van der Waals surface area contributed by atoms with E-state index < -0.39 is 0 Å². The molecule has 4 fully saturated rings. The molecule has 0 aromatic carbocycles. The van der Waals surface area contributed by atoms with Gasteiger partial charge in [-0.15, -0.1) is 0 Å². The summed E-state index contributed by atoms with van der Waals surface area (Å²) in [6.45, 7) is 7.84. The monoisotopic (exact) mass is 291 g/mol. The van der Waals surface area contributed by atoms with Crippen molar-refractivity contribution in [2.45, 2.75) is 82.5 Å². The molecule has 4 saturated heterocycles. The summed E-state index contributed by atoms with van der Waals surface area (Å²) in [4.78, 5) is 5.59. The van der Waals surface area contributed by atoms with Gasteiger partial charge in [0.25, 0.3) is 0 Å². The minimum absolute atomic E-state index is 0.776. The Morgan fingerprint density at radius 1 is 1.00 bits per heavy atom.